The first-order valence-corrected chi connectivity index (χ1v) is 12.0. The molecular formula is C24H43IN6O. The number of nitrogens with zero attached hydrogens (tertiary/aromatic N) is 4. The molecule has 32 heavy (non-hydrogen) atoms. The lowest BCUT2D eigenvalue weighted by atomic mass is 10.1. The Hall–Kier alpha value is -1.10. The van der Waals surface area contributed by atoms with E-state index in [-0.39, 0.29) is 24.0 Å². The summed E-state index contributed by atoms with van der Waals surface area (Å²) in [6.45, 7) is 12.8. The number of halogens is 1. The van der Waals surface area contributed by atoms with Gasteiger partial charge in [-0.25, -0.2) is 0 Å². The third-order valence-electron chi connectivity index (χ3n) is 6.38. The zero-order valence-electron chi connectivity index (χ0n) is 20.2. The van der Waals surface area contributed by atoms with Gasteiger partial charge in [-0.3, -0.25) is 9.89 Å². The standard InChI is InChI=1S/C24H42N6O.HI/c1-4-25-24(26-12-17-29-14-7-13-28(2)18-19-29)27-20-23(30-15-5-6-16-30)21-8-10-22(31-3)11-9-21;/h8-11,23H,4-7,12-20H2,1-3H3,(H2,25,26,27);1H. The third kappa shape index (κ3) is 8.68. The van der Waals surface area contributed by atoms with Crippen LogP contribution in [0, 0.1) is 0 Å². The Bertz CT molecular complexity index is 665. The molecule has 2 aliphatic rings. The Morgan fingerprint density at radius 1 is 1.00 bits per heavy atom. The van der Waals surface area contributed by atoms with E-state index in [0.717, 1.165) is 64.1 Å². The van der Waals surface area contributed by atoms with E-state index in [9.17, 15) is 0 Å². The Labute approximate surface area is 212 Å². The second-order valence-electron chi connectivity index (χ2n) is 8.68. The lowest BCUT2D eigenvalue weighted by Gasteiger charge is -2.27. The fourth-order valence-corrected chi connectivity index (χ4v) is 4.49. The summed E-state index contributed by atoms with van der Waals surface area (Å²) in [6.07, 6.45) is 3.81. The molecule has 2 N–H and O–H groups in total. The van der Waals surface area contributed by atoms with Crippen LogP contribution >= 0.6 is 24.0 Å². The molecule has 1 unspecified atom stereocenters. The highest BCUT2D eigenvalue weighted by atomic mass is 127. The van der Waals surface area contributed by atoms with Gasteiger partial charge in [-0.05, 0) is 77.1 Å². The summed E-state index contributed by atoms with van der Waals surface area (Å²) in [5, 5.41) is 6.99. The van der Waals surface area contributed by atoms with Gasteiger partial charge in [-0.2, -0.15) is 0 Å². The van der Waals surface area contributed by atoms with Crippen LogP contribution in [0.25, 0.3) is 0 Å². The number of likely N-dealkylation sites (tertiary alicyclic amines) is 1. The molecule has 2 saturated heterocycles. The molecule has 0 radical (unpaired) electrons. The predicted molar refractivity (Wildman–Crippen MR) is 144 cm³/mol. The van der Waals surface area contributed by atoms with Crippen LogP contribution in [0.4, 0.5) is 0 Å². The second kappa shape index (κ2) is 14.9. The number of guanidine groups is 1. The predicted octanol–water partition coefficient (Wildman–Crippen LogP) is 2.64. The molecule has 0 saturated carbocycles. The number of hydrogen-bond donors (Lipinski definition) is 2. The van der Waals surface area contributed by atoms with E-state index in [2.05, 4.69) is 63.6 Å². The molecule has 3 rings (SSSR count). The summed E-state index contributed by atoms with van der Waals surface area (Å²) in [7, 11) is 3.94. The quantitative estimate of drug-likeness (QED) is 0.276. The van der Waals surface area contributed by atoms with Crippen molar-refractivity contribution in [2.75, 3.05) is 79.6 Å². The molecule has 0 amide bonds. The number of methoxy groups -OCH3 is 1. The zero-order valence-corrected chi connectivity index (χ0v) is 22.5. The van der Waals surface area contributed by atoms with Gasteiger partial charge < -0.3 is 25.2 Å². The Morgan fingerprint density at radius 3 is 2.44 bits per heavy atom. The molecule has 1 atom stereocenters. The highest BCUT2D eigenvalue weighted by Gasteiger charge is 2.23. The summed E-state index contributed by atoms with van der Waals surface area (Å²) in [4.78, 5) is 12.5. The van der Waals surface area contributed by atoms with Crippen LogP contribution in [0.15, 0.2) is 29.3 Å². The van der Waals surface area contributed by atoms with E-state index in [1.165, 1.54) is 37.9 Å². The molecule has 2 heterocycles. The van der Waals surface area contributed by atoms with E-state index < -0.39 is 0 Å². The number of rotatable bonds is 9. The molecule has 182 valence electrons. The molecule has 0 bridgehead atoms. The summed E-state index contributed by atoms with van der Waals surface area (Å²) in [6, 6.07) is 8.81. The summed E-state index contributed by atoms with van der Waals surface area (Å²) >= 11 is 0. The van der Waals surface area contributed by atoms with Crippen LogP contribution in [-0.2, 0) is 0 Å². The zero-order chi connectivity index (χ0) is 21.9. The lowest BCUT2D eigenvalue weighted by molar-refractivity contribution is 0.251. The highest BCUT2D eigenvalue weighted by molar-refractivity contribution is 14.0. The summed E-state index contributed by atoms with van der Waals surface area (Å²) in [5.41, 5.74) is 1.32. The van der Waals surface area contributed by atoms with E-state index in [4.69, 9.17) is 9.73 Å². The molecule has 2 aliphatic heterocycles. The van der Waals surface area contributed by atoms with Crippen LogP contribution < -0.4 is 15.4 Å². The van der Waals surface area contributed by atoms with Crippen molar-refractivity contribution in [1.29, 1.82) is 0 Å². The van der Waals surface area contributed by atoms with Crippen molar-refractivity contribution in [2.24, 2.45) is 4.99 Å². The smallest absolute Gasteiger partial charge is 0.191 e. The molecule has 2 fully saturated rings. The summed E-state index contributed by atoms with van der Waals surface area (Å²) in [5.74, 6) is 1.83. The normalized spacial score (nSPS) is 19.8. The number of benzene rings is 1. The van der Waals surface area contributed by atoms with E-state index >= 15 is 0 Å². The first kappa shape index (κ1) is 27.1. The molecule has 8 heteroatoms. The number of ether oxygens (including phenoxy) is 1. The van der Waals surface area contributed by atoms with Gasteiger partial charge in [0.2, 0.25) is 0 Å². The van der Waals surface area contributed by atoms with Crippen molar-refractivity contribution in [2.45, 2.75) is 32.2 Å². The van der Waals surface area contributed by atoms with Crippen molar-refractivity contribution in [1.82, 2.24) is 25.3 Å². The minimum absolute atomic E-state index is 0. The maximum atomic E-state index is 5.34. The van der Waals surface area contributed by atoms with Gasteiger partial charge in [0, 0.05) is 32.7 Å². The Balaban J connectivity index is 0.00000363. The largest absolute Gasteiger partial charge is 0.497 e. The highest BCUT2D eigenvalue weighted by Crippen LogP contribution is 2.27. The van der Waals surface area contributed by atoms with Gasteiger partial charge in [0.1, 0.15) is 5.75 Å². The first-order chi connectivity index (χ1) is 15.2. The molecule has 0 spiro atoms. The van der Waals surface area contributed by atoms with Crippen LogP contribution in [0.2, 0.25) is 0 Å². The maximum Gasteiger partial charge on any atom is 0.191 e. The molecular weight excluding hydrogens is 515 g/mol. The number of hydrogen-bond acceptors (Lipinski definition) is 5. The lowest BCUT2D eigenvalue weighted by Crippen LogP contribution is -2.42. The molecule has 1 aromatic carbocycles. The van der Waals surface area contributed by atoms with Crippen LogP contribution in [0.3, 0.4) is 0 Å². The van der Waals surface area contributed by atoms with Crippen molar-refractivity contribution in [3.63, 3.8) is 0 Å². The molecule has 1 aromatic rings. The van der Waals surface area contributed by atoms with Gasteiger partial charge in [0.05, 0.1) is 19.7 Å². The summed E-state index contributed by atoms with van der Waals surface area (Å²) < 4.78 is 5.34. The Kier molecular flexibility index (Phi) is 12.7. The third-order valence-corrected chi connectivity index (χ3v) is 6.38. The van der Waals surface area contributed by atoms with Gasteiger partial charge in [0.15, 0.2) is 5.96 Å². The van der Waals surface area contributed by atoms with Crippen molar-refractivity contribution >= 4 is 29.9 Å². The van der Waals surface area contributed by atoms with Crippen molar-refractivity contribution < 1.29 is 4.74 Å². The maximum absolute atomic E-state index is 5.34. The fourth-order valence-electron chi connectivity index (χ4n) is 4.49. The van der Waals surface area contributed by atoms with Crippen LogP contribution in [-0.4, -0.2) is 100 Å². The topological polar surface area (TPSA) is 55.4 Å². The van der Waals surface area contributed by atoms with Gasteiger partial charge in [-0.1, -0.05) is 12.1 Å². The van der Waals surface area contributed by atoms with Gasteiger partial charge in [0.25, 0.3) is 0 Å². The van der Waals surface area contributed by atoms with E-state index in [0.29, 0.717) is 6.04 Å². The van der Waals surface area contributed by atoms with Crippen LogP contribution in [0.5, 0.6) is 5.75 Å². The minimum Gasteiger partial charge on any atom is -0.497 e. The number of nitrogens with one attached hydrogen (secondary N) is 2. The minimum atomic E-state index is 0. The van der Waals surface area contributed by atoms with Gasteiger partial charge in [-0.15, -0.1) is 24.0 Å². The van der Waals surface area contributed by atoms with Gasteiger partial charge >= 0.3 is 0 Å². The average molecular weight is 559 g/mol. The number of likely N-dealkylation sites (N-methyl/N-ethyl adjacent to an activating group) is 1. The molecule has 0 aliphatic carbocycles. The molecule has 7 nitrogen and oxygen atoms in total. The van der Waals surface area contributed by atoms with Crippen molar-refractivity contribution in [3.8, 4) is 5.75 Å². The van der Waals surface area contributed by atoms with Crippen molar-refractivity contribution in [3.05, 3.63) is 29.8 Å². The SMILES string of the molecule is CCNC(=NCC(c1ccc(OC)cc1)N1CCCC1)NCCN1CCCN(C)CC1.I. The fraction of sp³-hybridized carbons (Fsp3) is 0.708. The number of aliphatic imine (C=N–C) groups is 1. The van der Waals surface area contributed by atoms with Crippen LogP contribution in [0.1, 0.15) is 37.8 Å². The first-order valence-electron chi connectivity index (χ1n) is 12.0. The molecule has 0 aromatic heterocycles. The monoisotopic (exact) mass is 558 g/mol. The Morgan fingerprint density at radius 2 is 1.75 bits per heavy atom. The van der Waals surface area contributed by atoms with E-state index in [1.54, 1.807) is 7.11 Å². The second-order valence-corrected chi connectivity index (χ2v) is 8.68. The van der Waals surface area contributed by atoms with E-state index in [1.807, 2.05) is 0 Å². The average Bonchev–Trinajstić information content (AvgIpc) is 3.24.